The van der Waals surface area contributed by atoms with Crippen LogP contribution in [0.1, 0.15) is 10.4 Å². The third kappa shape index (κ3) is 1.95. The minimum absolute atomic E-state index is 0.232. The first-order chi connectivity index (χ1) is 9.27. The Morgan fingerprint density at radius 1 is 0.947 bits per heavy atom. The second-order valence-corrected chi connectivity index (χ2v) is 4.23. The van der Waals surface area contributed by atoms with E-state index in [1.54, 1.807) is 18.3 Å². The number of hydrogen-bond acceptors (Lipinski definition) is 2. The maximum atomic E-state index is 11.2. The largest absolute Gasteiger partial charge is 0.478 e. The van der Waals surface area contributed by atoms with Crippen molar-refractivity contribution in [2.45, 2.75) is 0 Å². The van der Waals surface area contributed by atoms with Crippen LogP contribution in [0.15, 0.2) is 60.8 Å². The molecule has 3 rings (SSSR count). The average molecular weight is 249 g/mol. The molecule has 1 aromatic heterocycles. The van der Waals surface area contributed by atoms with E-state index in [1.807, 2.05) is 42.5 Å². The highest BCUT2D eigenvalue weighted by Crippen LogP contribution is 2.28. The molecule has 3 aromatic rings. The van der Waals surface area contributed by atoms with E-state index in [0.717, 1.165) is 16.5 Å². The van der Waals surface area contributed by atoms with E-state index in [0.29, 0.717) is 5.52 Å². The summed E-state index contributed by atoms with van der Waals surface area (Å²) in [6.45, 7) is 0. The number of benzene rings is 2. The molecule has 19 heavy (non-hydrogen) atoms. The maximum Gasteiger partial charge on any atom is 0.337 e. The number of para-hydroxylation sites is 1. The van der Waals surface area contributed by atoms with E-state index in [2.05, 4.69) is 4.98 Å². The fourth-order valence-corrected chi connectivity index (χ4v) is 2.22. The number of hydrogen-bond donors (Lipinski definition) is 1. The highest BCUT2D eigenvalue weighted by atomic mass is 16.4. The van der Waals surface area contributed by atoms with E-state index in [1.165, 1.54) is 0 Å². The van der Waals surface area contributed by atoms with Crippen molar-refractivity contribution in [3.05, 3.63) is 66.4 Å². The molecular formula is C16H11NO2. The number of rotatable bonds is 2. The van der Waals surface area contributed by atoms with Gasteiger partial charge in [0.2, 0.25) is 0 Å². The molecule has 0 atom stereocenters. The number of carbonyl (C=O) groups is 1. The molecular weight excluding hydrogens is 238 g/mol. The van der Waals surface area contributed by atoms with Crippen LogP contribution in [0, 0.1) is 0 Å². The fraction of sp³-hybridized carbons (Fsp3) is 0. The number of aromatic carboxylic acids is 1. The van der Waals surface area contributed by atoms with Gasteiger partial charge in [0.15, 0.2) is 0 Å². The van der Waals surface area contributed by atoms with Crippen molar-refractivity contribution in [1.82, 2.24) is 4.98 Å². The molecule has 3 heteroatoms. The smallest absolute Gasteiger partial charge is 0.337 e. The van der Waals surface area contributed by atoms with Crippen LogP contribution in [-0.2, 0) is 0 Å². The van der Waals surface area contributed by atoms with Gasteiger partial charge in [0.05, 0.1) is 11.1 Å². The zero-order valence-corrected chi connectivity index (χ0v) is 10.1. The maximum absolute atomic E-state index is 11.2. The summed E-state index contributed by atoms with van der Waals surface area (Å²) in [6.07, 6.45) is 1.65. The quantitative estimate of drug-likeness (QED) is 0.754. The first-order valence-electron chi connectivity index (χ1n) is 5.94. The summed E-state index contributed by atoms with van der Waals surface area (Å²) in [4.78, 5) is 15.4. The minimum atomic E-state index is -0.955. The Morgan fingerprint density at radius 2 is 1.74 bits per heavy atom. The van der Waals surface area contributed by atoms with Gasteiger partial charge in [0.25, 0.3) is 0 Å². The van der Waals surface area contributed by atoms with Gasteiger partial charge in [-0.05, 0) is 23.3 Å². The first-order valence-corrected chi connectivity index (χ1v) is 5.94. The van der Waals surface area contributed by atoms with Crippen molar-refractivity contribution < 1.29 is 9.90 Å². The molecule has 0 radical (unpaired) electrons. The van der Waals surface area contributed by atoms with Crippen LogP contribution in [0.4, 0.5) is 0 Å². The van der Waals surface area contributed by atoms with Crippen LogP contribution in [0.3, 0.4) is 0 Å². The number of carboxylic acid groups (broad SMARTS) is 1. The van der Waals surface area contributed by atoms with Gasteiger partial charge >= 0.3 is 5.97 Å². The van der Waals surface area contributed by atoms with Gasteiger partial charge in [-0.25, -0.2) is 4.79 Å². The average Bonchev–Trinajstić information content (AvgIpc) is 2.46. The third-order valence-electron chi connectivity index (χ3n) is 3.09. The van der Waals surface area contributed by atoms with Crippen LogP contribution >= 0.6 is 0 Å². The lowest BCUT2D eigenvalue weighted by Gasteiger charge is -2.07. The van der Waals surface area contributed by atoms with Gasteiger partial charge in [0, 0.05) is 11.6 Å². The zero-order valence-electron chi connectivity index (χ0n) is 10.1. The van der Waals surface area contributed by atoms with Crippen molar-refractivity contribution in [1.29, 1.82) is 0 Å². The van der Waals surface area contributed by atoms with E-state index >= 15 is 0 Å². The van der Waals surface area contributed by atoms with Gasteiger partial charge in [-0.1, -0.05) is 42.5 Å². The molecule has 1 heterocycles. The SMILES string of the molecule is O=C(O)c1cccc2c(-c3ccccc3)ccnc12. The topological polar surface area (TPSA) is 50.2 Å². The van der Waals surface area contributed by atoms with Crippen molar-refractivity contribution in [2.75, 3.05) is 0 Å². The summed E-state index contributed by atoms with van der Waals surface area (Å²) in [6, 6.07) is 17.0. The summed E-state index contributed by atoms with van der Waals surface area (Å²) in [5, 5.41) is 10.1. The van der Waals surface area contributed by atoms with Gasteiger partial charge in [-0.3, -0.25) is 4.98 Å². The molecule has 0 aliphatic carbocycles. The van der Waals surface area contributed by atoms with Crippen molar-refractivity contribution in [3.63, 3.8) is 0 Å². The molecule has 1 N–H and O–H groups in total. The van der Waals surface area contributed by atoms with Crippen molar-refractivity contribution >= 4 is 16.9 Å². The summed E-state index contributed by atoms with van der Waals surface area (Å²) in [7, 11) is 0. The van der Waals surface area contributed by atoms with E-state index in [-0.39, 0.29) is 5.56 Å². The van der Waals surface area contributed by atoms with Crippen molar-refractivity contribution in [2.24, 2.45) is 0 Å². The monoisotopic (exact) mass is 249 g/mol. The molecule has 92 valence electrons. The molecule has 0 aliphatic heterocycles. The Bertz CT molecular complexity index is 751. The second-order valence-electron chi connectivity index (χ2n) is 4.23. The first kappa shape index (κ1) is 11.4. The van der Waals surface area contributed by atoms with Gasteiger partial charge in [-0.2, -0.15) is 0 Å². The van der Waals surface area contributed by atoms with E-state index in [9.17, 15) is 9.90 Å². The Balaban J connectivity index is 2.34. The highest BCUT2D eigenvalue weighted by Gasteiger charge is 2.11. The molecule has 0 saturated heterocycles. The molecule has 0 amide bonds. The predicted molar refractivity (Wildman–Crippen MR) is 74.1 cm³/mol. The predicted octanol–water partition coefficient (Wildman–Crippen LogP) is 3.60. The molecule has 3 nitrogen and oxygen atoms in total. The Hall–Kier alpha value is -2.68. The number of nitrogens with zero attached hydrogens (tertiary/aromatic N) is 1. The van der Waals surface area contributed by atoms with Gasteiger partial charge in [0.1, 0.15) is 0 Å². The molecule has 0 saturated carbocycles. The number of pyridine rings is 1. The summed E-state index contributed by atoms with van der Waals surface area (Å²) in [5.41, 5.74) is 2.80. The molecule has 0 fully saturated rings. The normalized spacial score (nSPS) is 10.5. The Labute approximate surface area is 110 Å². The fourth-order valence-electron chi connectivity index (χ4n) is 2.22. The minimum Gasteiger partial charge on any atom is -0.478 e. The Morgan fingerprint density at radius 3 is 2.47 bits per heavy atom. The summed E-state index contributed by atoms with van der Waals surface area (Å²) in [5.74, 6) is -0.955. The van der Waals surface area contributed by atoms with Crippen LogP contribution in [0.2, 0.25) is 0 Å². The van der Waals surface area contributed by atoms with Crippen LogP contribution in [0.5, 0.6) is 0 Å². The lowest BCUT2D eigenvalue weighted by molar-refractivity contribution is 0.0699. The lowest BCUT2D eigenvalue weighted by Crippen LogP contribution is -1.99. The van der Waals surface area contributed by atoms with Gasteiger partial charge in [-0.15, -0.1) is 0 Å². The van der Waals surface area contributed by atoms with Crippen molar-refractivity contribution in [3.8, 4) is 11.1 Å². The van der Waals surface area contributed by atoms with E-state index in [4.69, 9.17) is 0 Å². The summed E-state index contributed by atoms with van der Waals surface area (Å²) >= 11 is 0. The third-order valence-corrected chi connectivity index (χ3v) is 3.09. The van der Waals surface area contributed by atoms with Crippen LogP contribution < -0.4 is 0 Å². The van der Waals surface area contributed by atoms with Crippen LogP contribution in [-0.4, -0.2) is 16.1 Å². The second kappa shape index (κ2) is 4.53. The molecule has 0 bridgehead atoms. The lowest BCUT2D eigenvalue weighted by atomic mass is 9.99. The molecule has 0 aliphatic rings. The molecule has 0 unspecified atom stereocenters. The molecule has 2 aromatic carbocycles. The van der Waals surface area contributed by atoms with Crippen LogP contribution in [0.25, 0.3) is 22.0 Å². The zero-order chi connectivity index (χ0) is 13.2. The van der Waals surface area contributed by atoms with E-state index < -0.39 is 5.97 Å². The summed E-state index contributed by atoms with van der Waals surface area (Å²) < 4.78 is 0. The van der Waals surface area contributed by atoms with Gasteiger partial charge < -0.3 is 5.11 Å². The standard InChI is InChI=1S/C16H11NO2/c18-16(19)14-8-4-7-13-12(9-10-17-15(13)14)11-5-2-1-3-6-11/h1-10H,(H,18,19). The highest BCUT2D eigenvalue weighted by molar-refractivity contribution is 6.06. The number of fused-ring (bicyclic) bond motifs is 1. The Kier molecular flexibility index (Phi) is 2.72. The molecule has 0 spiro atoms. The number of aromatic nitrogens is 1. The number of carboxylic acids is 1.